The third-order valence-electron chi connectivity index (χ3n) is 2.25. The number of benzene rings is 1. The summed E-state index contributed by atoms with van der Waals surface area (Å²) in [6, 6.07) is 5.68. The van der Waals surface area contributed by atoms with Crippen LogP contribution >= 0.6 is 11.3 Å². The smallest absolute Gasteiger partial charge is 0.123 e. The molecule has 0 atom stereocenters. The Morgan fingerprint density at radius 1 is 1.39 bits per heavy atom. The van der Waals surface area contributed by atoms with Crippen molar-refractivity contribution < 1.29 is 4.74 Å². The van der Waals surface area contributed by atoms with Crippen molar-refractivity contribution in [2.75, 3.05) is 11.1 Å². The van der Waals surface area contributed by atoms with E-state index in [0.717, 1.165) is 18.0 Å². The number of nitrogen functional groups attached to an aromatic ring is 1. The summed E-state index contributed by atoms with van der Waals surface area (Å²) in [7, 11) is 0. The highest BCUT2D eigenvalue weighted by atomic mass is 32.1. The summed E-state index contributed by atoms with van der Waals surface area (Å²) >= 11 is 1.63. The lowest BCUT2D eigenvalue weighted by atomic mass is 10.2. The van der Waals surface area contributed by atoms with Crippen LogP contribution in [0.25, 0.3) is 0 Å². The number of aromatic nitrogens is 1. The second-order valence-corrected chi connectivity index (χ2v) is 5.25. The predicted octanol–water partition coefficient (Wildman–Crippen LogP) is 3.12. The number of nitrogens with zero attached hydrogens (tertiary/aromatic N) is 1. The molecule has 0 saturated heterocycles. The molecule has 0 saturated carbocycles. The summed E-state index contributed by atoms with van der Waals surface area (Å²) in [6.07, 6.45) is 2.00. The second kappa shape index (κ2) is 5.73. The molecule has 96 valence electrons. The van der Waals surface area contributed by atoms with Crippen molar-refractivity contribution in [3.05, 3.63) is 34.8 Å². The molecule has 1 aromatic carbocycles. The third-order valence-corrected chi connectivity index (χ3v) is 3.03. The van der Waals surface area contributed by atoms with Gasteiger partial charge in [0.05, 0.1) is 18.2 Å². The first-order valence-electron chi connectivity index (χ1n) is 5.82. The Hall–Kier alpha value is -1.75. The maximum Gasteiger partial charge on any atom is 0.123 e. The molecule has 4 nitrogen and oxygen atoms in total. The molecule has 0 bridgehead atoms. The number of thiazole rings is 1. The summed E-state index contributed by atoms with van der Waals surface area (Å²) in [5.74, 6) is 0.789. The van der Waals surface area contributed by atoms with Gasteiger partial charge in [0.25, 0.3) is 0 Å². The van der Waals surface area contributed by atoms with Crippen LogP contribution in [0.15, 0.2) is 29.9 Å². The van der Waals surface area contributed by atoms with E-state index in [9.17, 15) is 0 Å². The van der Waals surface area contributed by atoms with Crippen LogP contribution in [-0.2, 0) is 6.54 Å². The second-order valence-electron chi connectivity index (χ2n) is 4.28. The highest BCUT2D eigenvalue weighted by Gasteiger charge is 2.03. The zero-order chi connectivity index (χ0) is 13.0. The van der Waals surface area contributed by atoms with Gasteiger partial charge in [0, 0.05) is 34.6 Å². The normalized spacial score (nSPS) is 10.6. The number of rotatable bonds is 5. The van der Waals surface area contributed by atoms with E-state index < -0.39 is 0 Å². The summed E-state index contributed by atoms with van der Waals surface area (Å²) < 4.78 is 5.64. The summed E-state index contributed by atoms with van der Waals surface area (Å²) in [5, 5.41) is 3.31. The van der Waals surface area contributed by atoms with Gasteiger partial charge in [0.1, 0.15) is 5.75 Å². The molecular weight excluding hydrogens is 246 g/mol. The van der Waals surface area contributed by atoms with E-state index in [0.29, 0.717) is 5.69 Å². The van der Waals surface area contributed by atoms with E-state index in [1.807, 2.05) is 43.8 Å². The Bertz CT molecular complexity index is 497. The van der Waals surface area contributed by atoms with Gasteiger partial charge in [-0.1, -0.05) is 0 Å². The fourth-order valence-corrected chi connectivity index (χ4v) is 2.12. The summed E-state index contributed by atoms with van der Waals surface area (Å²) in [6.45, 7) is 4.73. The lowest BCUT2D eigenvalue weighted by Crippen LogP contribution is -2.06. The van der Waals surface area contributed by atoms with Crippen molar-refractivity contribution in [1.29, 1.82) is 0 Å². The van der Waals surface area contributed by atoms with Crippen LogP contribution in [0.5, 0.6) is 5.75 Å². The van der Waals surface area contributed by atoms with Crippen LogP contribution in [0, 0.1) is 0 Å². The first-order chi connectivity index (χ1) is 8.63. The number of hydrogen-bond acceptors (Lipinski definition) is 5. The Morgan fingerprint density at radius 3 is 2.89 bits per heavy atom. The quantitative estimate of drug-likeness (QED) is 0.814. The molecule has 0 radical (unpaired) electrons. The van der Waals surface area contributed by atoms with Gasteiger partial charge in [-0.25, -0.2) is 0 Å². The van der Waals surface area contributed by atoms with Gasteiger partial charge in [-0.15, -0.1) is 11.3 Å². The standard InChI is InChI=1S/C13H17N3OS/c1-9(2)17-12-4-10(14)3-11(5-12)16-7-13-6-15-8-18-13/h3-6,8-9,16H,7,14H2,1-2H3. The molecule has 1 heterocycles. The van der Waals surface area contributed by atoms with Crippen LogP contribution in [0.1, 0.15) is 18.7 Å². The number of hydrogen-bond donors (Lipinski definition) is 2. The largest absolute Gasteiger partial charge is 0.491 e. The van der Waals surface area contributed by atoms with Crippen LogP contribution in [0.3, 0.4) is 0 Å². The van der Waals surface area contributed by atoms with Crippen molar-refractivity contribution >= 4 is 22.7 Å². The molecule has 1 aromatic heterocycles. The molecule has 0 amide bonds. The number of nitrogens with one attached hydrogen (secondary N) is 1. The van der Waals surface area contributed by atoms with Gasteiger partial charge in [0.15, 0.2) is 0 Å². The number of ether oxygens (including phenoxy) is 1. The Morgan fingerprint density at radius 2 is 2.22 bits per heavy atom. The van der Waals surface area contributed by atoms with Crippen LogP contribution < -0.4 is 15.8 Å². The van der Waals surface area contributed by atoms with Crippen LogP contribution in [0.4, 0.5) is 11.4 Å². The maximum atomic E-state index is 5.85. The van der Waals surface area contributed by atoms with E-state index in [4.69, 9.17) is 10.5 Å². The molecule has 0 unspecified atom stereocenters. The molecule has 0 spiro atoms. The number of nitrogens with two attached hydrogens (primary N) is 1. The number of anilines is 2. The highest BCUT2D eigenvalue weighted by molar-refractivity contribution is 7.09. The highest BCUT2D eigenvalue weighted by Crippen LogP contribution is 2.24. The van der Waals surface area contributed by atoms with Gasteiger partial charge < -0.3 is 15.8 Å². The zero-order valence-corrected chi connectivity index (χ0v) is 11.3. The van der Waals surface area contributed by atoms with Crippen molar-refractivity contribution in [1.82, 2.24) is 4.98 Å². The van der Waals surface area contributed by atoms with E-state index in [2.05, 4.69) is 10.3 Å². The molecule has 0 aliphatic rings. The molecule has 0 aliphatic carbocycles. The zero-order valence-electron chi connectivity index (χ0n) is 10.5. The van der Waals surface area contributed by atoms with E-state index in [1.165, 1.54) is 4.88 Å². The van der Waals surface area contributed by atoms with Gasteiger partial charge in [-0.05, 0) is 19.9 Å². The maximum absolute atomic E-state index is 5.85. The minimum atomic E-state index is 0.140. The minimum Gasteiger partial charge on any atom is -0.491 e. The fourth-order valence-electron chi connectivity index (χ4n) is 1.58. The first kappa shape index (κ1) is 12.7. The Labute approximate surface area is 111 Å². The summed E-state index contributed by atoms with van der Waals surface area (Å²) in [4.78, 5) is 5.22. The van der Waals surface area contributed by atoms with Gasteiger partial charge in [-0.2, -0.15) is 0 Å². The van der Waals surface area contributed by atoms with E-state index >= 15 is 0 Å². The molecule has 5 heteroatoms. The van der Waals surface area contributed by atoms with Crippen molar-refractivity contribution in [2.45, 2.75) is 26.5 Å². The topological polar surface area (TPSA) is 60.2 Å². The molecule has 2 rings (SSSR count). The van der Waals surface area contributed by atoms with Crippen LogP contribution in [0.2, 0.25) is 0 Å². The molecule has 3 N–H and O–H groups in total. The molecule has 0 fully saturated rings. The summed E-state index contributed by atoms with van der Waals surface area (Å²) in [5.41, 5.74) is 9.33. The van der Waals surface area contributed by atoms with E-state index in [1.54, 1.807) is 11.3 Å². The van der Waals surface area contributed by atoms with Crippen LogP contribution in [-0.4, -0.2) is 11.1 Å². The molecule has 0 aliphatic heterocycles. The van der Waals surface area contributed by atoms with Crippen molar-refractivity contribution in [3.63, 3.8) is 0 Å². The molecular formula is C13H17N3OS. The third kappa shape index (κ3) is 3.63. The minimum absolute atomic E-state index is 0.140. The van der Waals surface area contributed by atoms with Crippen molar-refractivity contribution in [2.24, 2.45) is 0 Å². The van der Waals surface area contributed by atoms with Gasteiger partial charge >= 0.3 is 0 Å². The van der Waals surface area contributed by atoms with Crippen molar-refractivity contribution in [3.8, 4) is 5.75 Å². The average Bonchev–Trinajstić information content (AvgIpc) is 2.77. The molecule has 18 heavy (non-hydrogen) atoms. The first-order valence-corrected chi connectivity index (χ1v) is 6.70. The SMILES string of the molecule is CC(C)Oc1cc(N)cc(NCc2cncs2)c1. The molecule has 2 aromatic rings. The average molecular weight is 263 g/mol. The Kier molecular flexibility index (Phi) is 4.04. The van der Waals surface area contributed by atoms with Gasteiger partial charge in [-0.3, -0.25) is 4.98 Å². The van der Waals surface area contributed by atoms with Gasteiger partial charge in [0.2, 0.25) is 0 Å². The fraction of sp³-hybridized carbons (Fsp3) is 0.308. The lowest BCUT2D eigenvalue weighted by Gasteiger charge is -2.13. The lowest BCUT2D eigenvalue weighted by molar-refractivity contribution is 0.242. The predicted molar refractivity (Wildman–Crippen MR) is 76.1 cm³/mol. The Balaban J connectivity index is 2.05. The monoisotopic (exact) mass is 263 g/mol. The van der Waals surface area contributed by atoms with E-state index in [-0.39, 0.29) is 6.10 Å².